The predicted molar refractivity (Wildman–Crippen MR) is 77.5 cm³/mol. The number of urea groups is 1. The molecule has 9 heteroatoms. The van der Waals surface area contributed by atoms with E-state index in [1.54, 1.807) is 6.07 Å². The maximum absolute atomic E-state index is 11.6. The van der Waals surface area contributed by atoms with Gasteiger partial charge in [-0.05, 0) is 12.8 Å². The van der Waals surface area contributed by atoms with E-state index in [9.17, 15) is 24.5 Å². The molecule has 0 bridgehead atoms. The summed E-state index contributed by atoms with van der Waals surface area (Å²) in [6.45, 7) is -0.627. The Labute approximate surface area is 131 Å². The highest BCUT2D eigenvalue weighted by Crippen LogP contribution is 2.19. The summed E-state index contributed by atoms with van der Waals surface area (Å²) >= 11 is 0. The zero-order valence-electron chi connectivity index (χ0n) is 12.1. The van der Waals surface area contributed by atoms with Gasteiger partial charge in [-0.2, -0.15) is 0 Å². The maximum Gasteiger partial charge on any atom is 0.321 e. The van der Waals surface area contributed by atoms with Gasteiger partial charge in [-0.3, -0.25) is 25.0 Å². The van der Waals surface area contributed by atoms with Gasteiger partial charge in [-0.1, -0.05) is 18.2 Å². The van der Waals surface area contributed by atoms with Crippen molar-refractivity contribution in [3.63, 3.8) is 0 Å². The van der Waals surface area contributed by atoms with Gasteiger partial charge in [0.25, 0.3) is 11.6 Å². The number of amides is 3. The predicted octanol–water partition coefficient (Wildman–Crippen LogP) is 0.669. The Balaban J connectivity index is 1.77. The van der Waals surface area contributed by atoms with E-state index in [4.69, 9.17) is 4.74 Å². The smallest absolute Gasteiger partial charge is 0.321 e. The average Bonchev–Trinajstić information content (AvgIpc) is 3.29. The van der Waals surface area contributed by atoms with Gasteiger partial charge in [0.1, 0.15) is 0 Å². The van der Waals surface area contributed by atoms with E-state index < -0.39 is 29.4 Å². The molecule has 0 atom stereocenters. The number of nitrogens with zero attached hydrogens (tertiary/aromatic N) is 1. The molecule has 1 aromatic carbocycles. The van der Waals surface area contributed by atoms with Gasteiger partial charge < -0.3 is 10.1 Å². The van der Waals surface area contributed by atoms with Gasteiger partial charge in [0.15, 0.2) is 6.61 Å². The molecular formula is C14H15N3O6. The van der Waals surface area contributed by atoms with Gasteiger partial charge in [0.2, 0.25) is 0 Å². The molecule has 122 valence electrons. The van der Waals surface area contributed by atoms with E-state index in [2.05, 4.69) is 5.32 Å². The van der Waals surface area contributed by atoms with Crippen molar-refractivity contribution in [2.75, 3.05) is 6.61 Å². The van der Waals surface area contributed by atoms with Crippen molar-refractivity contribution in [3.8, 4) is 0 Å². The van der Waals surface area contributed by atoms with Crippen LogP contribution in [0.4, 0.5) is 10.5 Å². The molecule has 1 fully saturated rings. The molecule has 0 aliphatic heterocycles. The van der Waals surface area contributed by atoms with Crippen molar-refractivity contribution >= 4 is 23.6 Å². The van der Waals surface area contributed by atoms with Crippen LogP contribution in [0.5, 0.6) is 0 Å². The number of hydrogen-bond donors (Lipinski definition) is 2. The first-order valence-corrected chi connectivity index (χ1v) is 6.94. The number of imide groups is 1. The van der Waals surface area contributed by atoms with E-state index in [1.807, 2.05) is 5.32 Å². The Bertz CT molecular complexity index is 641. The number of nitro benzene ring substituents is 1. The second-order valence-corrected chi connectivity index (χ2v) is 5.02. The Hall–Kier alpha value is -2.97. The normalized spacial score (nSPS) is 13.0. The summed E-state index contributed by atoms with van der Waals surface area (Å²) in [6.07, 6.45) is 1.43. The van der Waals surface area contributed by atoms with Crippen molar-refractivity contribution in [2.24, 2.45) is 0 Å². The molecule has 23 heavy (non-hydrogen) atoms. The minimum atomic E-state index is -0.794. The van der Waals surface area contributed by atoms with Gasteiger partial charge >= 0.3 is 12.0 Å². The molecule has 3 amide bonds. The molecule has 0 radical (unpaired) electrons. The van der Waals surface area contributed by atoms with Crippen LogP contribution in [0.2, 0.25) is 0 Å². The largest absolute Gasteiger partial charge is 0.455 e. The van der Waals surface area contributed by atoms with E-state index in [0.717, 1.165) is 12.8 Å². The van der Waals surface area contributed by atoms with Crippen LogP contribution in [0.3, 0.4) is 0 Å². The lowest BCUT2D eigenvalue weighted by Gasteiger charge is -2.07. The van der Waals surface area contributed by atoms with Crippen LogP contribution in [0.25, 0.3) is 0 Å². The first kappa shape index (κ1) is 16.4. The summed E-state index contributed by atoms with van der Waals surface area (Å²) in [7, 11) is 0. The Morgan fingerprint density at radius 1 is 1.26 bits per heavy atom. The molecule has 0 spiro atoms. The van der Waals surface area contributed by atoms with Crippen molar-refractivity contribution in [3.05, 3.63) is 39.9 Å². The van der Waals surface area contributed by atoms with Crippen LogP contribution in [-0.2, 0) is 20.7 Å². The number of para-hydroxylation sites is 1. The highest BCUT2D eigenvalue weighted by atomic mass is 16.6. The van der Waals surface area contributed by atoms with Crippen molar-refractivity contribution in [2.45, 2.75) is 25.3 Å². The summed E-state index contributed by atoms with van der Waals surface area (Å²) in [5, 5.41) is 15.4. The van der Waals surface area contributed by atoms with Gasteiger partial charge in [-0.25, -0.2) is 4.79 Å². The Kier molecular flexibility index (Phi) is 5.23. The molecule has 0 aromatic heterocycles. The Morgan fingerprint density at radius 2 is 1.96 bits per heavy atom. The van der Waals surface area contributed by atoms with Crippen LogP contribution in [0, 0.1) is 10.1 Å². The van der Waals surface area contributed by atoms with E-state index >= 15 is 0 Å². The number of hydrogen-bond acceptors (Lipinski definition) is 6. The average molecular weight is 321 g/mol. The number of esters is 1. The number of nitrogens with one attached hydrogen (secondary N) is 2. The van der Waals surface area contributed by atoms with E-state index in [1.165, 1.54) is 18.2 Å². The number of rotatable bonds is 6. The summed E-state index contributed by atoms with van der Waals surface area (Å²) in [6, 6.07) is 5.22. The second kappa shape index (κ2) is 7.34. The number of carbonyl (C=O) groups excluding carboxylic acids is 3. The van der Waals surface area contributed by atoms with Crippen molar-refractivity contribution in [1.29, 1.82) is 0 Å². The fourth-order valence-corrected chi connectivity index (χ4v) is 1.80. The topological polar surface area (TPSA) is 128 Å². The summed E-state index contributed by atoms with van der Waals surface area (Å²) in [5.41, 5.74) is -0.00732. The molecule has 1 saturated carbocycles. The van der Waals surface area contributed by atoms with Crippen LogP contribution in [0.15, 0.2) is 24.3 Å². The molecule has 1 aliphatic rings. The first-order chi connectivity index (χ1) is 11.0. The van der Waals surface area contributed by atoms with E-state index in [0.29, 0.717) is 0 Å². The molecule has 2 rings (SSSR count). The van der Waals surface area contributed by atoms with Crippen molar-refractivity contribution in [1.82, 2.24) is 10.6 Å². The monoisotopic (exact) mass is 321 g/mol. The van der Waals surface area contributed by atoms with Crippen LogP contribution < -0.4 is 10.6 Å². The molecule has 0 saturated heterocycles. The fourth-order valence-electron chi connectivity index (χ4n) is 1.80. The number of ether oxygens (including phenoxy) is 1. The zero-order valence-corrected chi connectivity index (χ0v) is 12.1. The lowest BCUT2D eigenvalue weighted by Crippen LogP contribution is -2.42. The Morgan fingerprint density at radius 3 is 2.61 bits per heavy atom. The summed E-state index contributed by atoms with van der Waals surface area (Å²) in [5.74, 6) is -1.56. The van der Waals surface area contributed by atoms with E-state index in [-0.39, 0.29) is 23.7 Å². The quantitative estimate of drug-likeness (QED) is 0.450. The third-order valence-electron chi connectivity index (χ3n) is 3.05. The minimum Gasteiger partial charge on any atom is -0.455 e. The molecule has 0 heterocycles. The molecule has 1 aromatic rings. The fraction of sp³-hybridized carbons (Fsp3) is 0.357. The minimum absolute atomic E-state index is 0.101. The van der Waals surface area contributed by atoms with Crippen LogP contribution >= 0.6 is 0 Å². The standard InChI is InChI=1S/C14H15N3O6/c18-12(16-14(20)15-10-5-6-10)8-23-13(19)7-9-3-1-2-4-11(9)17(21)22/h1-4,10H,5-8H2,(H2,15,16,18,20). The maximum atomic E-state index is 11.6. The van der Waals surface area contributed by atoms with Crippen LogP contribution in [0.1, 0.15) is 18.4 Å². The van der Waals surface area contributed by atoms with Gasteiger partial charge in [0.05, 0.1) is 11.3 Å². The van der Waals surface area contributed by atoms with Crippen LogP contribution in [-0.4, -0.2) is 35.5 Å². The highest BCUT2D eigenvalue weighted by Gasteiger charge is 2.24. The second-order valence-electron chi connectivity index (χ2n) is 5.02. The number of carbonyl (C=O) groups is 3. The lowest BCUT2D eigenvalue weighted by molar-refractivity contribution is -0.385. The molecule has 1 aliphatic carbocycles. The van der Waals surface area contributed by atoms with Gasteiger partial charge in [0, 0.05) is 17.7 Å². The lowest BCUT2D eigenvalue weighted by atomic mass is 10.1. The summed E-state index contributed by atoms with van der Waals surface area (Å²) < 4.78 is 4.71. The molecule has 9 nitrogen and oxygen atoms in total. The first-order valence-electron chi connectivity index (χ1n) is 6.94. The number of benzene rings is 1. The highest BCUT2D eigenvalue weighted by molar-refractivity contribution is 5.95. The molecule has 0 unspecified atom stereocenters. The third-order valence-corrected chi connectivity index (χ3v) is 3.05. The molecular weight excluding hydrogens is 306 g/mol. The summed E-state index contributed by atoms with van der Waals surface area (Å²) in [4.78, 5) is 44.6. The molecule has 2 N–H and O–H groups in total. The van der Waals surface area contributed by atoms with Crippen molar-refractivity contribution < 1.29 is 24.0 Å². The third kappa shape index (κ3) is 5.38. The SMILES string of the molecule is O=C(COC(=O)Cc1ccccc1[N+](=O)[O-])NC(=O)NC1CC1. The zero-order chi connectivity index (χ0) is 16.8. The van der Waals surface area contributed by atoms with Gasteiger partial charge in [-0.15, -0.1) is 0 Å². The number of nitro groups is 1.